The number of nitrogens with zero attached hydrogens (tertiary/aromatic N) is 2. The van der Waals surface area contributed by atoms with Crippen molar-refractivity contribution in [3.63, 3.8) is 0 Å². The van der Waals surface area contributed by atoms with Crippen LogP contribution < -0.4 is 16.0 Å². The molecule has 1 rings (SSSR count). The molecule has 0 spiro atoms. The van der Waals surface area contributed by atoms with Gasteiger partial charge < -0.3 is 20.5 Å². The molecule has 1 aromatic rings. The summed E-state index contributed by atoms with van der Waals surface area (Å²) in [7, 11) is 2.02. The smallest absolute Gasteiger partial charge is 0.191 e. The van der Waals surface area contributed by atoms with Crippen molar-refractivity contribution in [2.24, 2.45) is 12.0 Å². The Bertz CT molecular complexity index is 414. The van der Waals surface area contributed by atoms with Crippen LogP contribution in [-0.4, -0.2) is 35.7 Å². The largest absolute Gasteiger partial charge is 0.357 e. The lowest BCUT2D eigenvalue weighted by Gasteiger charge is -2.21. The van der Waals surface area contributed by atoms with Crippen LogP contribution >= 0.6 is 0 Å². The first-order valence-electron chi connectivity index (χ1n) is 7.29. The van der Waals surface area contributed by atoms with Crippen molar-refractivity contribution >= 4 is 5.96 Å². The molecule has 0 saturated carbocycles. The van der Waals surface area contributed by atoms with Crippen LogP contribution in [0.2, 0.25) is 0 Å². The van der Waals surface area contributed by atoms with Crippen molar-refractivity contribution < 1.29 is 0 Å². The van der Waals surface area contributed by atoms with Gasteiger partial charge in [-0.1, -0.05) is 0 Å². The molecule has 1 heterocycles. The summed E-state index contributed by atoms with van der Waals surface area (Å²) in [5.41, 5.74) is 1.37. The number of aliphatic imine (C=N–C) groups is 1. The molecule has 0 fully saturated rings. The first-order chi connectivity index (χ1) is 9.40. The van der Waals surface area contributed by atoms with E-state index in [1.54, 1.807) is 0 Å². The van der Waals surface area contributed by atoms with Gasteiger partial charge in [0.25, 0.3) is 0 Å². The summed E-state index contributed by atoms with van der Waals surface area (Å²) in [5, 5.41) is 10.0. The Balaban J connectivity index is 2.39. The van der Waals surface area contributed by atoms with Crippen molar-refractivity contribution in [1.82, 2.24) is 20.5 Å². The molecule has 20 heavy (non-hydrogen) atoms. The summed E-state index contributed by atoms with van der Waals surface area (Å²) in [6.07, 6.45) is 4.13. The van der Waals surface area contributed by atoms with E-state index in [0.717, 1.165) is 25.6 Å². The number of hydrogen-bond donors (Lipinski definition) is 3. The summed E-state index contributed by atoms with van der Waals surface area (Å²) in [5.74, 6) is 0.868. The van der Waals surface area contributed by atoms with Gasteiger partial charge in [0, 0.05) is 44.6 Å². The SMILES string of the molecule is CCNC(=NCc1ccn(C)c1)NCCNC(C)(C)C. The minimum absolute atomic E-state index is 0.154. The van der Waals surface area contributed by atoms with E-state index in [9.17, 15) is 0 Å². The molecule has 0 aliphatic rings. The number of aryl methyl sites for hydroxylation is 1. The fraction of sp³-hybridized carbons (Fsp3) is 0.667. The van der Waals surface area contributed by atoms with Crippen LogP contribution in [-0.2, 0) is 13.6 Å². The molecule has 3 N–H and O–H groups in total. The van der Waals surface area contributed by atoms with E-state index in [1.165, 1.54) is 5.56 Å². The number of aromatic nitrogens is 1. The Morgan fingerprint density at radius 1 is 1.25 bits per heavy atom. The van der Waals surface area contributed by atoms with Gasteiger partial charge in [-0.15, -0.1) is 0 Å². The first-order valence-corrected chi connectivity index (χ1v) is 7.29. The molecular weight excluding hydrogens is 250 g/mol. The predicted octanol–water partition coefficient (Wildman–Crippen LogP) is 1.47. The maximum Gasteiger partial charge on any atom is 0.191 e. The lowest BCUT2D eigenvalue weighted by atomic mass is 10.1. The number of nitrogens with one attached hydrogen (secondary N) is 3. The molecular formula is C15H29N5. The van der Waals surface area contributed by atoms with Crippen molar-refractivity contribution in [2.75, 3.05) is 19.6 Å². The number of guanidine groups is 1. The highest BCUT2D eigenvalue weighted by atomic mass is 15.2. The second-order valence-electron chi connectivity index (χ2n) is 5.98. The zero-order valence-electron chi connectivity index (χ0n) is 13.5. The van der Waals surface area contributed by atoms with Crippen molar-refractivity contribution in [3.8, 4) is 0 Å². The summed E-state index contributed by atoms with van der Waals surface area (Å²) in [4.78, 5) is 4.58. The van der Waals surface area contributed by atoms with Crippen molar-refractivity contribution in [1.29, 1.82) is 0 Å². The van der Waals surface area contributed by atoms with Crippen LogP contribution in [0.5, 0.6) is 0 Å². The van der Waals surface area contributed by atoms with E-state index >= 15 is 0 Å². The van der Waals surface area contributed by atoms with Crippen LogP contribution in [0, 0.1) is 0 Å². The van der Waals surface area contributed by atoms with Crippen molar-refractivity contribution in [3.05, 3.63) is 24.0 Å². The minimum atomic E-state index is 0.154. The van der Waals surface area contributed by atoms with E-state index in [1.807, 2.05) is 17.8 Å². The molecule has 0 unspecified atom stereocenters. The average molecular weight is 279 g/mol. The quantitative estimate of drug-likeness (QED) is 0.420. The zero-order valence-corrected chi connectivity index (χ0v) is 13.5. The van der Waals surface area contributed by atoms with Crippen LogP contribution in [0.1, 0.15) is 33.3 Å². The normalized spacial score (nSPS) is 12.6. The summed E-state index contributed by atoms with van der Waals surface area (Å²) >= 11 is 0. The van der Waals surface area contributed by atoms with E-state index < -0.39 is 0 Å². The van der Waals surface area contributed by atoms with Gasteiger partial charge in [0.1, 0.15) is 0 Å². The average Bonchev–Trinajstić information content (AvgIpc) is 2.76. The van der Waals surface area contributed by atoms with Gasteiger partial charge in [-0.2, -0.15) is 0 Å². The molecule has 0 aliphatic carbocycles. The summed E-state index contributed by atoms with van der Waals surface area (Å²) < 4.78 is 2.04. The van der Waals surface area contributed by atoms with Gasteiger partial charge in [-0.25, -0.2) is 4.99 Å². The molecule has 0 bridgehead atoms. The predicted molar refractivity (Wildman–Crippen MR) is 86.0 cm³/mol. The van der Waals surface area contributed by atoms with Gasteiger partial charge in [0.2, 0.25) is 0 Å². The van der Waals surface area contributed by atoms with E-state index in [2.05, 4.69) is 60.9 Å². The molecule has 0 aliphatic heterocycles. The second-order valence-corrected chi connectivity index (χ2v) is 5.98. The third-order valence-electron chi connectivity index (χ3n) is 2.73. The van der Waals surface area contributed by atoms with E-state index in [-0.39, 0.29) is 5.54 Å². The third kappa shape index (κ3) is 7.19. The highest BCUT2D eigenvalue weighted by molar-refractivity contribution is 5.79. The van der Waals surface area contributed by atoms with Gasteiger partial charge in [0.05, 0.1) is 6.54 Å². The molecule has 5 heteroatoms. The van der Waals surface area contributed by atoms with E-state index in [4.69, 9.17) is 0 Å². The van der Waals surface area contributed by atoms with Crippen LogP contribution in [0.3, 0.4) is 0 Å². The van der Waals surface area contributed by atoms with E-state index in [0.29, 0.717) is 6.54 Å². The van der Waals surface area contributed by atoms with Gasteiger partial charge in [0.15, 0.2) is 5.96 Å². The molecule has 5 nitrogen and oxygen atoms in total. The summed E-state index contributed by atoms with van der Waals surface area (Å²) in [6.45, 7) is 11.9. The Kier molecular flexibility index (Phi) is 6.58. The zero-order chi connectivity index (χ0) is 15.0. The number of hydrogen-bond acceptors (Lipinski definition) is 2. The highest BCUT2D eigenvalue weighted by Crippen LogP contribution is 2.01. The fourth-order valence-corrected chi connectivity index (χ4v) is 1.78. The summed E-state index contributed by atoms with van der Waals surface area (Å²) in [6, 6.07) is 2.09. The third-order valence-corrected chi connectivity index (χ3v) is 2.73. The lowest BCUT2D eigenvalue weighted by Crippen LogP contribution is -2.44. The van der Waals surface area contributed by atoms with Crippen molar-refractivity contribution in [2.45, 2.75) is 39.8 Å². The first kappa shape index (κ1) is 16.6. The van der Waals surface area contributed by atoms with Gasteiger partial charge in [-0.3, -0.25) is 0 Å². The minimum Gasteiger partial charge on any atom is -0.357 e. The topological polar surface area (TPSA) is 53.4 Å². The molecule has 1 aromatic heterocycles. The molecule has 0 saturated heterocycles. The monoisotopic (exact) mass is 279 g/mol. The standard InChI is InChI=1S/C15H29N5/c1-6-16-14(17-8-9-19-15(2,3)4)18-11-13-7-10-20(5)12-13/h7,10,12,19H,6,8-9,11H2,1-5H3,(H2,16,17,18). The van der Waals surface area contributed by atoms with Gasteiger partial charge >= 0.3 is 0 Å². The van der Waals surface area contributed by atoms with Gasteiger partial charge in [-0.05, 0) is 39.3 Å². The maximum atomic E-state index is 4.58. The molecule has 0 radical (unpaired) electrons. The Hall–Kier alpha value is -1.49. The Morgan fingerprint density at radius 2 is 2.00 bits per heavy atom. The maximum absolute atomic E-state index is 4.58. The molecule has 0 amide bonds. The second kappa shape index (κ2) is 7.94. The molecule has 0 aromatic carbocycles. The molecule has 114 valence electrons. The van der Waals surface area contributed by atoms with Crippen LogP contribution in [0.25, 0.3) is 0 Å². The highest BCUT2D eigenvalue weighted by Gasteiger charge is 2.07. The molecule has 0 atom stereocenters. The van der Waals surface area contributed by atoms with Crippen LogP contribution in [0.15, 0.2) is 23.5 Å². The number of rotatable bonds is 6. The Labute approximate surface area is 122 Å². The van der Waals surface area contributed by atoms with Crippen LogP contribution in [0.4, 0.5) is 0 Å². The fourth-order valence-electron chi connectivity index (χ4n) is 1.78. The Morgan fingerprint density at radius 3 is 2.55 bits per heavy atom. The lowest BCUT2D eigenvalue weighted by molar-refractivity contribution is 0.428.